The van der Waals surface area contributed by atoms with Crippen LogP contribution in [-0.2, 0) is 20.8 Å². The number of hydrogen-bond donors (Lipinski definition) is 6. The Kier molecular flexibility index (Phi) is 11.9. The van der Waals surface area contributed by atoms with E-state index in [4.69, 9.17) is 11.5 Å². The second-order valence-corrected chi connectivity index (χ2v) is 7.99. The van der Waals surface area contributed by atoms with Crippen molar-refractivity contribution in [2.24, 2.45) is 11.5 Å². The van der Waals surface area contributed by atoms with E-state index >= 15 is 0 Å². The molecule has 0 aliphatic carbocycles. The van der Waals surface area contributed by atoms with Crippen molar-refractivity contribution in [3.63, 3.8) is 0 Å². The first kappa shape index (κ1) is 25.7. The molecule has 0 spiro atoms. The highest BCUT2D eigenvalue weighted by atomic mass is 32.2. The molecule has 0 saturated heterocycles. The van der Waals surface area contributed by atoms with E-state index in [2.05, 4.69) is 10.6 Å². The van der Waals surface area contributed by atoms with Gasteiger partial charge in [0.05, 0.1) is 6.04 Å². The van der Waals surface area contributed by atoms with Crippen LogP contribution in [0.2, 0.25) is 0 Å². The average Bonchev–Trinajstić information content (AvgIpc) is 2.71. The second kappa shape index (κ2) is 13.8. The Morgan fingerprint density at radius 1 is 1.03 bits per heavy atom. The van der Waals surface area contributed by atoms with Crippen molar-refractivity contribution < 1.29 is 24.6 Å². The monoisotopic (exact) mass is 440 g/mol. The lowest BCUT2D eigenvalue weighted by molar-refractivity contribution is -0.142. The molecular weight excluding hydrogens is 408 g/mol. The summed E-state index contributed by atoms with van der Waals surface area (Å²) in [5.41, 5.74) is 12.2. The number of phenolic OH excluding ortho intramolecular Hbond substituents is 1. The third kappa shape index (κ3) is 9.47. The zero-order chi connectivity index (χ0) is 22.5. The lowest BCUT2D eigenvalue weighted by atomic mass is 10.0. The number of carboxylic acids is 1. The Bertz CT molecular complexity index is 686. The zero-order valence-electron chi connectivity index (χ0n) is 17.2. The van der Waals surface area contributed by atoms with E-state index in [1.807, 2.05) is 6.26 Å². The average molecular weight is 441 g/mol. The van der Waals surface area contributed by atoms with E-state index < -0.39 is 35.9 Å². The van der Waals surface area contributed by atoms with Crippen molar-refractivity contribution in [3.05, 3.63) is 29.8 Å². The highest BCUT2D eigenvalue weighted by Crippen LogP contribution is 2.11. The van der Waals surface area contributed by atoms with Crippen molar-refractivity contribution in [1.82, 2.24) is 10.6 Å². The summed E-state index contributed by atoms with van der Waals surface area (Å²) >= 11 is 1.51. The minimum Gasteiger partial charge on any atom is -0.508 e. The summed E-state index contributed by atoms with van der Waals surface area (Å²) in [6.45, 7) is 0.450. The number of amides is 2. The maximum Gasteiger partial charge on any atom is 0.326 e. The SMILES string of the molecule is CSCCC(NC(=O)C(N)Cc1ccc(O)cc1)C(=O)NC(CCCCN)C(=O)O. The molecule has 0 aromatic heterocycles. The molecule has 0 saturated carbocycles. The number of rotatable bonds is 14. The fraction of sp³-hybridized carbons (Fsp3) is 0.550. The molecule has 0 aliphatic heterocycles. The van der Waals surface area contributed by atoms with E-state index in [0.717, 1.165) is 5.56 Å². The molecule has 0 bridgehead atoms. The van der Waals surface area contributed by atoms with Crippen LogP contribution in [0.3, 0.4) is 0 Å². The second-order valence-electron chi connectivity index (χ2n) is 7.00. The molecule has 168 valence electrons. The summed E-state index contributed by atoms with van der Waals surface area (Å²) < 4.78 is 0. The number of aliphatic carboxylic acids is 1. The lowest BCUT2D eigenvalue weighted by Crippen LogP contribution is -2.55. The van der Waals surface area contributed by atoms with Crippen LogP contribution in [0.4, 0.5) is 0 Å². The number of nitrogens with one attached hydrogen (secondary N) is 2. The smallest absolute Gasteiger partial charge is 0.326 e. The maximum absolute atomic E-state index is 12.7. The molecule has 3 atom stereocenters. The molecule has 0 aliphatic rings. The topological polar surface area (TPSA) is 168 Å². The van der Waals surface area contributed by atoms with E-state index in [-0.39, 0.29) is 18.6 Å². The van der Waals surface area contributed by atoms with Crippen molar-refractivity contribution in [2.75, 3.05) is 18.6 Å². The maximum atomic E-state index is 12.7. The fourth-order valence-corrected chi connectivity index (χ4v) is 3.26. The van der Waals surface area contributed by atoms with Gasteiger partial charge < -0.3 is 32.3 Å². The van der Waals surface area contributed by atoms with Gasteiger partial charge in [-0.15, -0.1) is 0 Å². The highest BCUT2D eigenvalue weighted by Gasteiger charge is 2.27. The number of thioether (sulfide) groups is 1. The van der Waals surface area contributed by atoms with Crippen LogP contribution in [0.5, 0.6) is 5.75 Å². The third-order valence-electron chi connectivity index (χ3n) is 4.53. The normalized spacial score (nSPS) is 13.8. The summed E-state index contributed by atoms with van der Waals surface area (Å²) in [7, 11) is 0. The number of benzene rings is 1. The minimum absolute atomic E-state index is 0.116. The molecule has 9 nitrogen and oxygen atoms in total. The summed E-state index contributed by atoms with van der Waals surface area (Å²) in [4.78, 5) is 36.6. The molecule has 1 rings (SSSR count). The van der Waals surface area contributed by atoms with Crippen LogP contribution >= 0.6 is 11.8 Å². The zero-order valence-corrected chi connectivity index (χ0v) is 18.0. The number of carbonyl (C=O) groups is 3. The fourth-order valence-electron chi connectivity index (χ4n) is 2.78. The lowest BCUT2D eigenvalue weighted by Gasteiger charge is -2.23. The van der Waals surface area contributed by atoms with E-state index in [0.29, 0.717) is 31.6 Å². The molecule has 0 heterocycles. The van der Waals surface area contributed by atoms with Gasteiger partial charge in [0.2, 0.25) is 11.8 Å². The van der Waals surface area contributed by atoms with Gasteiger partial charge in [0.1, 0.15) is 17.8 Å². The third-order valence-corrected chi connectivity index (χ3v) is 5.18. The number of carbonyl (C=O) groups excluding carboxylic acids is 2. The minimum atomic E-state index is -1.13. The van der Waals surface area contributed by atoms with Crippen molar-refractivity contribution in [2.45, 2.75) is 50.2 Å². The van der Waals surface area contributed by atoms with Gasteiger partial charge in [0.15, 0.2) is 0 Å². The summed E-state index contributed by atoms with van der Waals surface area (Å²) in [6.07, 6.45) is 3.97. The van der Waals surface area contributed by atoms with Gasteiger partial charge in [-0.1, -0.05) is 12.1 Å². The van der Waals surface area contributed by atoms with Gasteiger partial charge in [-0.25, -0.2) is 4.79 Å². The van der Waals surface area contributed by atoms with E-state index in [1.165, 1.54) is 23.9 Å². The quantitative estimate of drug-likeness (QED) is 0.223. The van der Waals surface area contributed by atoms with Gasteiger partial charge in [-0.05, 0) is 68.4 Å². The Morgan fingerprint density at radius 2 is 1.67 bits per heavy atom. The number of phenols is 1. The summed E-state index contributed by atoms with van der Waals surface area (Å²) in [5.74, 6) is -1.45. The number of hydrogen-bond acceptors (Lipinski definition) is 7. The van der Waals surface area contributed by atoms with Gasteiger partial charge >= 0.3 is 5.97 Å². The van der Waals surface area contributed by atoms with Crippen LogP contribution in [0.1, 0.15) is 31.2 Å². The summed E-state index contributed by atoms with van der Waals surface area (Å²) in [6, 6.07) is 3.53. The highest BCUT2D eigenvalue weighted by molar-refractivity contribution is 7.98. The van der Waals surface area contributed by atoms with Crippen LogP contribution in [-0.4, -0.2) is 64.7 Å². The largest absolute Gasteiger partial charge is 0.508 e. The standard InChI is InChI=1S/C20H32N4O5S/c1-30-11-9-16(19(27)24-17(20(28)29)4-2-3-10-21)23-18(26)15(22)12-13-5-7-14(25)8-6-13/h5-8,15-17,25H,2-4,9-12,21-22H2,1H3,(H,23,26)(H,24,27)(H,28,29). The van der Waals surface area contributed by atoms with Gasteiger partial charge in [-0.2, -0.15) is 11.8 Å². The number of nitrogens with two attached hydrogens (primary N) is 2. The first-order valence-electron chi connectivity index (χ1n) is 9.84. The van der Waals surface area contributed by atoms with E-state index in [1.54, 1.807) is 12.1 Å². The van der Waals surface area contributed by atoms with Crippen molar-refractivity contribution in [3.8, 4) is 5.75 Å². The van der Waals surface area contributed by atoms with Crippen molar-refractivity contribution in [1.29, 1.82) is 0 Å². The number of carboxylic acid groups (broad SMARTS) is 1. The van der Waals surface area contributed by atoms with Gasteiger partial charge in [0, 0.05) is 0 Å². The Hall–Kier alpha value is -2.30. The predicted octanol–water partition coefficient (Wildman–Crippen LogP) is 0.198. The molecule has 1 aromatic carbocycles. The molecule has 30 heavy (non-hydrogen) atoms. The molecule has 1 aromatic rings. The van der Waals surface area contributed by atoms with Gasteiger partial charge in [0.25, 0.3) is 0 Å². The van der Waals surface area contributed by atoms with Gasteiger partial charge in [-0.3, -0.25) is 9.59 Å². The molecule has 8 N–H and O–H groups in total. The Labute approximate surface area is 181 Å². The van der Waals surface area contributed by atoms with Crippen molar-refractivity contribution >= 4 is 29.5 Å². The van der Waals surface area contributed by atoms with Crippen LogP contribution < -0.4 is 22.1 Å². The number of aromatic hydroxyl groups is 1. The Balaban J connectivity index is 2.73. The first-order valence-corrected chi connectivity index (χ1v) is 11.2. The molecular formula is C20H32N4O5S. The molecule has 10 heteroatoms. The predicted molar refractivity (Wildman–Crippen MR) is 117 cm³/mol. The van der Waals surface area contributed by atoms with Crippen LogP contribution in [0.25, 0.3) is 0 Å². The summed E-state index contributed by atoms with van der Waals surface area (Å²) in [5, 5.41) is 23.8. The first-order chi connectivity index (χ1) is 14.3. The molecule has 0 radical (unpaired) electrons. The Morgan fingerprint density at radius 3 is 2.23 bits per heavy atom. The van der Waals surface area contributed by atoms with Crippen LogP contribution in [0.15, 0.2) is 24.3 Å². The van der Waals surface area contributed by atoms with Crippen LogP contribution in [0, 0.1) is 0 Å². The number of unbranched alkanes of at least 4 members (excludes halogenated alkanes) is 1. The van der Waals surface area contributed by atoms with E-state index in [9.17, 15) is 24.6 Å². The molecule has 0 fully saturated rings. The molecule has 3 unspecified atom stereocenters. The molecule has 2 amide bonds.